The summed E-state index contributed by atoms with van der Waals surface area (Å²) in [6.07, 6.45) is 1.01. The van der Waals surface area contributed by atoms with Crippen molar-refractivity contribution in [3.63, 3.8) is 0 Å². The zero-order valence-electron chi connectivity index (χ0n) is 8.45. The number of nitrogens with zero attached hydrogens (tertiary/aromatic N) is 2. The SMILES string of the molecule is O=C(c1cc(F)cnc1Cl)N1CCSCC1. The molecule has 0 N–H and O–H groups in total. The largest absolute Gasteiger partial charge is 0.337 e. The van der Waals surface area contributed by atoms with Crippen molar-refractivity contribution in [3.05, 3.63) is 28.8 Å². The van der Waals surface area contributed by atoms with Crippen molar-refractivity contribution in [3.8, 4) is 0 Å². The molecule has 6 heteroatoms. The Morgan fingerprint density at radius 2 is 2.19 bits per heavy atom. The third-order valence-electron chi connectivity index (χ3n) is 2.33. The number of rotatable bonds is 1. The molecule has 1 aromatic rings. The van der Waals surface area contributed by atoms with Crippen LogP contribution in [0.3, 0.4) is 0 Å². The van der Waals surface area contributed by atoms with E-state index in [1.165, 1.54) is 0 Å². The van der Waals surface area contributed by atoms with Gasteiger partial charge in [-0.3, -0.25) is 4.79 Å². The summed E-state index contributed by atoms with van der Waals surface area (Å²) >= 11 is 7.58. The van der Waals surface area contributed by atoms with Gasteiger partial charge in [-0.05, 0) is 6.07 Å². The Bertz CT molecular complexity index is 410. The quantitative estimate of drug-likeness (QED) is 0.725. The smallest absolute Gasteiger partial charge is 0.257 e. The molecular formula is C10H10ClFN2OS. The number of carbonyl (C=O) groups is 1. The first kappa shape index (κ1) is 11.7. The highest BCUT2D eigenvalue weighted by Crippen LogP contribution is 2.18. The van der Waals surface area contributed by atoms with E-state index in [-0.39, 0.29) is 16.6 Å². The molecule has 0 spiro atoms. The van der Waals surface area contributed by atoms with E-state index in [2.05, 4.69) is 4.98 Å². The predicted molar refractivity (Wildman–Crippen MR) is 62.4 cm³/mol. The Balaban J connectivity index is 2.22. The first-order valence-corrected chi connectivity index (χ1v) is 6.40. The molecule has 86 valence electrons. The summed E-state index contributed by atoms with van der Waals surface area (Å²) in [5.41, 5.74) is 0.147. The lowest BCUT2D eigenvalue weighted by atomic mass is 10.2. The molecular weight excluding hydrogens is 251 g/mol. The lowest BCUT2D eigenvalue weighted by Crippen LogP contribution is -2.38. The number of carbonyl (C=O) groups excluding carboxylic acids is 1. The van der Waals surface area contributed by atoms with Gasteiger partial charge in [0.1, 0.15) is 11.0 Å². The van der Waals surface area contributed by atoms with Crippen LogP contribution in [0.15, 0.2) is 12.3 Å². The molecule has 1 aliphatic heterocycles. The first-order chi connectivity index (χ1) is 7.68. The van der Waals surface area contributed by atoms with Crippen molar-refractivity contribution < 1.29 is 9.18 Å². The third kappa shape index (κ3) is 2.47. The van der Waals surface area contributed by atoms with Crippen LogP contribution in [0.5, 0.6) is 0 Å². The summed E-state index contributed by atoms with van der Waals surface area (Å²) in [5, 5.41) is 0.0598. The van der Waals surface area contributed by atoms with E-state index in [1.807, 2.05) is 0 Å². The molecule has 0 aliphatic carbocycles. The van der Waals surface area contributed by atoms with Crippen LogP contribution < -0.4 is 0 Å². The number of hydrogen-bond acceptors (Lipinski definition) is 3. The second kappa shape index (κ2) is 5.01. The minimum Gasteiger partial charge on any atom is -0.337 e. The van der Waals surface area contributed by atoms with Crippen molar-refractivity contribution in [2.45, 2.75) is 0 Å². The number of hydrogen-bond donors (Lipinski definition) is 0. The van der Waals surface area contributed by atoms with E-state index < -0.39 is 5.82 Å². The highest BCUT2D eigenvalue weighted by atomic mass is 35.5. The highest BCUT2D eigenvalue weighted by Gasteiger charge is 2.21. The van der Waals surface area contributed by atoms with Crippen molar-refractivity contribution in [1.29, 1.82) is 0 Å². The molecule has 0 radical (unpaired) electrons. The number of amides is 1. The van der Waals surface area contributed by atoms with E-state index in [0.29, 0.717) is 13.1 Å². The van der Waals surface area contributed by atoms with Gasteiger partial charge in [0.05, 0.1) is 11.8 Å². The summed E-state index contributed by atoms with van der Waals surface area (Å²) in [6, 6.07) is 1.14. The average molecular weight is 261 g/mol. The van der Waals surface area contributed by atoms with Crippen LogP contribution in [-0.2, 0) is 0 Å². The van der Waals surface area contributed by atoms with E-state index in [9.17, 15) is 9.18 Å². The molecule has 2 heterocycles. The van der Waals surface area contributed by atoms with Crippen LogP contribution in [0.25, 0.3) is 0 Å². The van der Waals surface area contributed by atoms with Gasteiger partial charge in [0, 0.05) is 24.6 Å². The fraction of sp³-hybridized carbons (Fsp3) is 0.400. The fourth-order valence-electron chi connectivity index (χ4n) is 1.51. The van der Waals surface area contributed by atoms with E-state index in [4.69, 9.17) is 11.6 Å². The van der Waals surface area contributed by atoms with E-state index in [1.54, 1.807) is 16.7 Å². The van der Waals surface area contributed by atoms with Gasteiger partial charge in [-0.1, -0.05) is 11.6 Å². The minimum atomic E-state index is -0.542. The summed E-state index contributed by atoms with van der Waals surface area (Å²) in [6.45, 7) is 1.35. The molecule has 16 heavy (non-hydrogen) atoms. The zero-order valence-corrected chi connectivity index (χ0v) is 10.0. The van der Waals surface area contributed by atoms with E-state index >= 15 is 0 Å². The Morgan fingerprint density at radius 3 is 2.88 bits per heavy atom. The highest BCUT2D eigenvalue weighted by molar-refractivity contribution is 7.99. The van der Waals surface area contributed by atoms with Crippen molar-refractivity contribution in [1.82, 2.24) is 9.88 Å². The molecule has 1 aromatic heterocycles. The van der Waals surface area contributed by atoms with Gasteiger partial charge in [0.15, 0.2) is 0 Å². The van der Waals surface area contributed by atoms with Crippen LogP contribution in [-0.4, -0.2) is 40.4 Å². The van der Waals surface area contributed by atoms with Crippen LogP contribution in [0, 0.1) is 5.82 Å². The monoisotopic (exact) mass is 260 g/mol. The van der Waals surface area contributed by atoms with Gasteiger partial charge in [-0.15, -0.1) is 0 Å². The Labute approximate surface area is 102 Å². The molecule has 0 bridgehead atoms. The van der Waals surface area contributed by atoms with Crippen LogP contribution in [0.2, 0.25) is 5.15 Å². The van der Waals surface area contributed by atoms with Gasteiger partial charge in [-0.2, -0.15) is 11.8 Å². The number of aromatic nitrogens is 1. The number of pyridine rings is 1. The maximum atomic E-state index is 13.0. The standard InChI is InChI=1S/C10H10ClFN2OS/c11-9-8(5-7(12)6-13-9)10(15)14-1-3-16-4-2-14/h5-6H,1-4H2. The van der Waals surface area contributed by atoms with Crippen molar-refractivity contribution >= 4 is 29.3 Å². The maximum absolute atomic E-state index is 13.0. The summed E-state index contributed by atoms with van der Waals surface area (Å²) < 4.78 is 13.0. The van der Waals surface area contributed by atoms with Gasteiger partial charge < -0.3 is 4.90 Å². The van der Waals surface area contributed by atoms with Crippen LogP contribution in [0.4, 0.5) is 4.39 Å². The average Bonchev–Trinajstić information content (AvgIpc) is 2.32. The molecule has 1 saturated heterocycles. The van der Waals surface area contributed by atoms with Gasteiger partial charge in [0.25, 0.3) is 5.91 Å². The molecule has 1 aliphatic rings. The lowest BCUT2D eigenvalue weighted by Gasteiger charge is -2.26. The lowest BCUT2D eigenvalue weighted by molar-refractivity contribution is 0.0771. The molecule has 0 atom stereocenters. The molecule has 3 nitrogen and oxygen atoms in total. The molecule has 1 fully saturated rings. The van der Waals surface area contributed by atoms with Gasteiger partial charge in [-0.25, -0.2) is 9.37 Å². The van der Waals surface area contributed by atoms with E-state index in [0.717, 1.165) is 23.8 Å². The Morgan fingerprint density at radius 1 is 1.50 bits per heavy atom. The van der Waals surface area contributed by atoms with Gasteiger partial charge >= 0.3 is 0 Å². The first-order valence-electron chi connectivity index (χ1n) is 4.86. The van der Waals surface area contributed by atoms with Crippen molar-refractivity contribution in [2.24, 2.45) is 0 Å². The minimum absolute atomic E-state index is 0.0598. The second-order valence-electron chi connectivity index (χ2n) is 3.40. The molecule has 0 aromatic carbocycles. The third-order valence-corrected chi connectivity index (χ3v) is 3.58. The molecule has 1 amide bonds. The summed E-state index contributed by atoms with van der Waals surface area (Å²) in [5.74, 6) is 1.04. The summed E-state index contributed by atoms with van der Waals surface area (Å²) in [4.78, 5) is 17.3. The zero-order chi connectivity index (χ0) is 11.5. The Kier molecular flexibility index (Phi) is 3.66. The predicted octanol–water partition coefficient (Wildman–Crippen LogP) is 2.06. The fourth-order valence-corrected chi connectivity index (χ4v) is 2.60. The second-order valence-corrected chi connectivity index (χ2v) is 4.98. The normalized spacial score (nSPS) is 16.2. The summed E-state index contributed by atoms with van der Waals surface area (Å²) in [7, 11) is 0. The maximum Gasteiger partial charge on any atom is 0.257 e. The number of halogens is 2. The van der Waals surface area contributed by atoms with Crippen LogP contribution >= 0.6 is 23.4 Å². The molecule has 0 saturated carbocycles. The number of thioether (sulfide) groups is 1. The molecule has 2 rings (SSSR count). The van der Waals surface area contributed by atoms with Gasteiger partial charge in [0.2, 0.25) is 0 Å². The topological polar surface area (TPSA) is 33.2 Å². The molecule has 0 unspecified atom stereocenters. The van der Waals surface area contributed by atoms with Crippen LogP contribution in [0.1, 0.15) is 10.4 Å². The Hall–Kier alpha value is -0.810. The van der Waals surface area contributed by atoms with Crippen molar-refractivity contribution in [2.75, 3.05) is 24.6 Å².